The normalized spacial score (nSPS) is 11.8. The second kappa shape index (κ2) is 4.36. The van der Waals surface area contributed by atoms with Crippen molar-refractivity contribution in [3.63, 3.8) is 0 Å². The Bertz CT molecular complexity index is 592. The van der Waals surface area contributed by atoms with E-state index in [1.54, 1.807) is 0 Å². The van der Waals surface area contributed by atoms with Crippen molar-refractivity contribution < 1.29 is 8.42 Å². The fraction of sp³-hybridized carbons (Fsp3) is 0.222. The number of nitrogens with one attached hydrogen (secondary N) is 1. The average Bonchev–Trinajstić information content (AvgIpc) is 2.60. The Morgan fingerprint density at radius 3 is 2.88 bits per heavy atom. The third-order valence-electron chi connectivity index (χ3n) is 2.06. The maximum absolute atomic E-state index is 10.7. The number of rotatable bonds is 4. The summed E-state index contributed by atoms with van der Waals surface area (Å²) >= 11 is 1.32. The lowest BCUT2D eigenvalue weighted by molar-refractivity contribution is 0.598. The van der Waals surface area contributed by atoms with E-state index in [0.29, 0.717) is 6.54 Å². The van der Waals surface area contributed by atoms with E-state index in [9.17, 15) is 8.42 Å². The number of hydrogen-bond acceptors (Lipinski definition) is 5. The molecular formula is C9H11N3O2S2. The lowest BCUT2D eigenvalue weighted by atomic mass is 10.2. The first-order valence-corrected chi connectivity index (χ1v) is 7.14. The summed E-state index contributed by atoms with van der Waals surface area (Å²) in [5.74, 6) is -0.0841. The van der Waals surface area contributed by atoms with Crippen LogP contribution in [0.4, 0.5) is 5.00 Å². The van der Waals surface area contributed by atoms with E-state index in [-0.39, 0.29) is 5.75 Å². The third-order valence-corrected chi connectivity index (χ3v) is 3.66. The molecule has 0 radical (unpaired) electrons. The molecule has 2 aromatic rings. The van der Waals surface area contributed by atoms with Crippen molar-refractivity contribution in [2.24, 2.45) is 5.14 Å². The molecule has 0 aliphatic heterocycles. The molecule has 0 atom stereocenters. The van der Waals surface area contributed by atoms with Crippen LogP contribution in [0.5, 0.6) is 0 Å². The molecule has 3 N–H and O–H groups in total. The second-order valence-corrected chi connectivity index (χ2v) is 5.83. The van der Waals surface area contributed by atoms with Crippen LogP contribution in [0.2, 0.25) is 0 Å². The van der Waals surface area contributed by atoms with Crippen LogP contribution in [-0.2, 0) is 10.0 Å². The van der Waals surface area contributed by atoms with Gasteiger partial charge in [-0.15, -0.1) is 0 Å². The number of sulfonamides is 1. The van der Waals surface area contributed by atoms with Gasteiger partial charge in [0.2, 0.25) is 10.0 Å². The Morgan fingerprint density at radius 2 is 2.12 bits per heavy atom. The molecule has 0 fully saturated rings. The van der Waals surface area contributed by atoms with Gasteiger partial charge in [0, 0.05) is 11.9 Å². The van der Waals surface area contributed by atoms with Gasteiger partial charge < -0.3 is 5.32 Å². The van der Waals surface area contributed by atoms with Crippen molar-refractivity contribution in [2.75, 3.05) is 17.6 Å². The Balaban J connectivity index is 2.10. The summed E-state index contributed by atoms with van der Waals surface area (Å²) in [5, 5.41) is 9.80. The van der Waals surface area contributed by atoms with E-state index in [4.69, 9.17) is 5.14 Å². The summed E-state index contributed by atoms with van der Waals surface area (Å²) in [6.07, 6.45) is 0. The van der Waals surface area contributed by atoms with E-state index < -0.39 is 10.0 Å². The highest BCUT2D eigenvalue weighted by Crippen LogP contribution is 2.26. The first-order valence-electron chi connectivity index (χ1n) is 4.65. The number of hydrogen-bond donors (Lipinski definition) is 2. The minimum atomic E-state index is -3.41. The molecule has 0 amide bonds. The summed E-state index contributed by atoms with van der Waals surface area (Å²) in [6, 6.07) is 7.69. The number of fused-ring (bicyclic) bond motifs is 1. The molecule has 86 valence electrons. The summed E-state index contributed by atoms with van der Waals surface area (Å²) in [6.45, 7) is 0.297. The first kappa shape index (κ1) is 11.3. The van der Waals surface area contributed by atoms with E-state index in [2.05, 4.69) is 9.69 Å². The van der Waals surface area contributed by atoms with Crippen LogP contribution in [0.3, 0.4) is 0 Å². The molecule has 2 rings (SSSR count). The zero-order valence-corrected chi connectivity index (χ0v) is 10.0. The monoisotopic (exact) mass is 257 g/mol. The van der Waals surface area contributed by atoms with Gasteiger partial charge in [0.05, 0.1) is 11.3 Å². The topological polar surface area (TPSA) is 85.1 Å². The minimum absolute atomic E-state index is 0.0841. The Labute approximate surface area is 97.5 Å². The molecule has 0 bridgehead atoms. The predicted molar refractivity (Wildman–Crippen MR) is 66.1 cm³/mol. The van der Waals surface area contributed by atoms with Crippen LogP contribution >= 0.6 is 11.5 Å². The van der Waals surface area contributed by atoms with Crippen molar-refractivity contribution in [1.82, 2.24) is 4.37 Å². The maximum Gasteiger partial charge on any atom is 0.210 e. The quantitative estimate of drug-likeness (QED) is 0.855. The molecule has 1 heterocycles. The van der Waals surface area contributed by atoms with E-state index in [1.807, 2.05) is 24.3 Å². The van der Waals surface area contributed by atoms with E-state index in [0.717, 1.165) is 15.9 Å². The van der Waals surface area contributed by atoms with Crippen LogP contribution in [0, 0.1) is 0 Å². The Kier molecular flexibility index (Phi) is 3.08. The van der Waals surface area contributed by atoms with Crippen molar-refractivity contribution in [2.45, 2.75) is 0 Å². The van der Waals surface area contributed by atoms with Crippen molar-refractivity contribution in [3.8, 4) is 0 Å². The van der Waals surface area contributed by atoms with Gasteiger partial charge in [-0.05, 0) is 23.7 Å². The molecule has 0 saturated heterocycles. The second-order valence-electron chi connectivity index (χ2n) is 3.32. The number of nitrogens with two attached hydrogens (primary N) is 1. The summed E-state index contributed by atoms with van der Waals surface area (Å²) in [5.41, 5.74) is 0.908. The largest absolute Gasteiger partial charge is 0.374 e. The van der Waals surface area contributed by atoms with Crippen LogP contribution in [0.25, 0.3) is 10.9 Å². The first-order chi connectivity index (χ1) is 7.56. The van der Waals surface area contributed by atoms with Crippen LogP contribution in [0.1, 0.15) is 0 Å². The van der Waals surface area contributed by atoms with Crippen LogP contribution in [0.15, 0.2) is 24.3 Å². The highest BCUT2D eigenvalue weighted by atomic mass is 32.2. The SMILES string of the molecule is NS(=O)(=O)CCNc1snc2ccccc12. The van der Waals surface area contributed by atoms with Crippen molar-refractivity contribution in [3.05, 3.63) is 24.3 Å². The van der Waals surface area contributed by atoms with E-state index in [1.165, 1.54) is 11.5 Å². The number of aromatic nitrogens is 1. The number of primary sulfonamides is 1. The van der Waals surface area contributed by atoms with Crippen molar-refractivity contribution in [1.29, 1.82) is 0 Å². The fourth-order valence-corrected chi connectivity index (χ4v) is 2.50. The zero-order chi connectivity index (χ0) is 11.6. The maximum atomic E-state index is 10.7. The molecule has 0 saturated carbocycles. The fourth-order valence-electron chi connectivity index (χ4n) is 1.32. The lowest BCUT2D eigenvalue weighted by Crippen LogP contribution is -2.22. The minimum Gasteiger partial charge on any atom is -0.374 e. The van der Waals surface area contributed by atoms with Gasteiger partial charge in [0.1, 0.15) is 5.00 Å². The highest BCUT2D eigenvalue weighted by molar-refractivity contribution is 7.89. The average molecular weight is 257 g/mol. The van der Waals surface area contributed by atoms with Gasteiger partial charge in [0.15, 0.2) is 0 Å². The molecule has 1 aromatic heterocycles. The molecule has 0 aliphatic carbocycles. The van der Waals surface area contributed by atoms with Crippen molar-refractivity contribution >= 4 is 37.5 Å². The Morgan fingerprint density at radius 1 is 1.38 bits per heavy atom. The lowest BCUT2D eigenvalue weighted by Gasteiger charge is -2.01. The predicted octanol–water partition coefficient (Wildman–Crippen LogP) is 0.997. The Hall–Kier alpha value is -1.18. The molecule has 0 unspecified atom stereocenters. The van der Waals surface area contributed by atoms with Crippen LogP contribution in [-0.4, -0.2) is 25.1 Å². The zero-order valence-electron chi connectivity index (χ0n) is 8.38. The summed E-state index contributed by atoms with van der Waals surface area (Å²) in [4.78, 5) is 0. The highest BCUT2D eigenvalue weighted by Gasteiger charge is 2.06. The number of benzene rings is 1. The third kappa shape index (κ3) is 2.69. The van der Waals surface area contributed by atoms with Crippen LogP contribution < -0.4 is 10.5 Å². The molecular weight excluding hydrogens is 246 g/mol. The van der Waals surface area contributed by atoms with Gasteiger partial charge >= 0.3 is 0 Å². The molecule has 16 heavy (non-hydrogen) atoms. The molecule has 5 nitrogen and oxygen atoms in total. The molecule has 7 heteroatoms. The van der Waals surface area contributed by atoms with Gasteiger partial charge in [0.25, 0.3) is 0 Å². The van der Waals surface area contributed by atoms with Gasteiger partial charge in [-0.2, -0.15) is 4.37 Å². The van der Waals surface area contributed by atoms with Gasteiger partial charge in [-0.3, -0.25) is 0 Å². The number of nitrogens with zero attached hydrogens (tertiary/aromatic N) is 1. The smallest absolute Gasteiger partial charge is 0.210 e. The molecule has 1 aromatic carbocycles. The van der Waals surface area contributed by atoms with E-state index >= 15 is 0 Å². The molecule has 0 aliphatic rings. The van der Waals surface area contributed by atoms with Gasteiger partial charge in [-0.1, -0.05) is 12.1 Å². The summed E-state index contributed by atoms with van der Waals surface area (Å²) < 4.78 is 25.7. The molecule has 0 spiro atoms. The summed E-state index contributed by atoms with van der Waals surface area (Å²) in [7, 11) is -3.41. The number of anilines is 1. The standard InChI is InChI=1S/C9H11N3O2S2/c10-16(13,14)6-5-11-9-7-3-1-2-4-8(7)12-15-9/h1-4,11H,5-6H2,(H2,10,13,14). The van der Waals surface area contributed by atoms with Gasteiger partial charge in [-0.25, -0.2) is 13.6 Å².